The van der Waals surface area contributed by atoms with Gasteiger partial charge in [-0.2, -0.15) is 0 Å². The highest BCUT2D eigenvalue weighted by atomic mass is 16.2. The average Bonchev–Trinajstić information content (AvgIpc) is 2.54. The van der Waals surface area contributed by atoms with E-state index in [1.54, 1.807) is 0 Å². The third-order valence-corrected chi connectivity index (χ3v) is 4.20. The molecule has 23 heavy (non-hydrogen) atoms. The highest BCUT2D eigenvalue weighted by Crippen LogP contribution is 2.12. The summed E-state index contributed by atoms with van der Waals surface area (Å²) < 4.78 is 0. The molecule has 0 aromatic heterocycles. The van der Waals surface area contributed by atoms with Gasteiger partial charge in [0.2, 0.25) is 0 Å². The molecule has 0 saturated carbocycles. The second kappa shape index (κ2) is 14.7. The minimum Gasteiger partial charge on any atom is -0.272 e. The van der Waals surface area contributed by atoms with E-state index in [9.17, 15) is 4.79 Å². The van der Waals surface area contributed by atoms with Crippen LogP contribution in [0.5, 0.6) is 0 Å². The average molecular weight is 325 g/mol. The Hall–Kier alpha value is -0.830. The predicted octanol–water partition coefficient (Wildman–Crippen LogP) is 5.57. The molecule has 0 saturated heterocycles. The second-order valence-electron chi connectivity index (χ2n) is 6.64. The minimum atomic E-state index is 0.101. The summed E-state index contributed by atoms with van der Waals surface area (Å²) in [6, 6.07) is 0. The monoisotopic (exact) mass is 324 g/mol. The topological polar surface area (TPSA) is 23.6 Å². The Kier molecular flexibility index (Phi) is 14.2. The maximum absolute atomic E-state index is 12.6. The van der Waals surface area contributed by atoms with Gasteiger partial charge in [0, 0.05) is 25.2 Å². The molecule has 0 aliphatic heterocycles. The fraction of sp³-hybridized carbons (Fsp3) is 0.850. The summed E-state index contributed by atoms with van der Waals surface area (Å²) in [7, 11) is 0. The Bertz CT molecular complexity index is 303. The van der Waals surface area contributed by atoms with Gasteiger partial charge in [0.25, 0.3) is 5.91 Å². The number of hydrazine groups is 1. The molecule has 0 heterocycles. The molecule has 0 aliphatic rings. The van der Waals surface area contributed by atoms with E-state index in [0.717, 1.165) is 32.5 Å². The lowest BCUT2D eigenvalue weighted by Gasteiger charge is -2.35. The first-order chi connectivity index (χ1) is 11.1. The van der Waals surface area contributed by atoms with Crippen molar-refractivity contribution in [1.82, 2.24) is 10.0 Å². The first kappa shape index (κ1) is 22.2. The van der Waals surface area contributed by atoms with E-state index in [1.807, 2.05) is 11.9 Å². The first-order valence-electron chi connectivity index (χ1n) is 9.80. The molecule has 0 N–H and O–H groups in total. The van der Waals surface area contributed by atoms with Gasteiger partial charge >= 0.3 is 0 Å². The van der Waals surface area contributed by atoms with Gasteiger partial charge in [-0.1, -0.05) is 72.3 Å². The van der Waals surface area contributed by atoms with Gasteiger partial charge in [-0.25, -0.2) is 5.01 Å². The fourth-order valence-electron chi connectivity index (χ4n) is 2.70. The van der Waals surface area contributed by atoms with Gasteiger partial charge in [0.1, 0.15) is 0 Å². The predicted molar refractivity (Wildman–Crippen MR) is 101 cm³/mol. The van der Waals surface area contributed by atoms with Gasteiger partial charge in [0.15, 0.2) is 0 Å². The number of carbonyl (C=O) groups is 1. The molecule has 3 heteroatoms. The van der Waals surface area contributed by atoms with Gasteiger partial charge in [-0.3, -0.25) is 9.80 Å². The molecule has 0 bridgehead atoms. The highest BCUT2D eigenvalue weighted by molar-refractivity contribution is 5.91. The molecule has 0 unspecified atom stereocenters. The fourth-order valence-corrected chi connectivity index (χ4v) is 2.70. The highest BCUT2D eigenvalue weighted by Gasteiger charge is 2.20. The molecule has 0 radical (unpaired) electrons. The van der Waals surface area contributed by atoms with Crippen molar-refractivity contribution in [2.24, 2.45) is 0 Å². The van der Waals surface area contributed by atoms with Crippen LogP contribution in [0.4, 0.5) is 0 Å². The Morgan fingerprint density at radius 2 is 1.22 bits per heavy atom. The van der Waals surface area contributed by atoms with Gasteiger partial charge in [-0.15, -0.1) is 0 Å². The lowest BCUT2D eigenvalue weighted by atomic mass is 10.2. The summed E-state index contributed by atoms with van der Waals surface area (Å²) in [5.74, 6) is 0.101. The van der Waals surface area contributed by atoms with Crippen LogP contribution in [0.1, 0.15) is 91.9 Å². The van der Waals surface area contributed by atoms with Crippen molar-refractivity contribution >= 4 is 5.91 Å². The van der Waals surface area contributed by atoms with Crippen LogP contribution in [0.15, 0.2) is 12.2 Å². The molecule has 0 aliphatic carbocycles. The molecule has 0 aromatic carbocycles. The van der Waals surface area contributed by atoms with E-state index in [2.05, 4.69) is 32.4 Å². The van der Waals surface area contributed by atoms with Crippen LogP contribution in [0, 0.1) is 0 Å². The van der Waals surface area contributed by atoms with Gasteiger partial charge < -0.3 is 0 Å². The summed E-state index contributed by atoms with van der Waals surface area (Å²) in [4.78, 5) is 12.6. The van der Waals surface area contributed by atoms with Crippen LogP contribution in [0.3, 0.4) is 0 Å². The number of carbonyl (C=O) groups excluding carboxylic acids is 1. The Labute approximate surface area is 145 Å². The van der Waals surface area contributed by atoms with E-state index in [1.165, 1.54) is 51.4 Å². The number of hydrogen-bond donors (Lipinski definition) is 0. The summed E-state index contributed by atoms with van der Waals surface area (Å²) >= 11 is 0. The normalized spacial score (nSPS) is 11.0. The maximum Gasteiger partial charge on any atom is 0.263 e. The second-order valence-corrected chi connectivity index (χ2v) is 6.64. The summed E-state index contributed by atoms with van der Waals surface area (Å²) in [6.07, 6.45) is 12.1. The quantitative estimate of drug-likeness (QED) is 0.223. The van der Waals surface area contributed by atoms with Crippen molar-refractivity contribution < 1.29 is 4.79 Å². The van der Waals surface area contributed by atoms with Crippen LogP contribution in [-0.2, 0) is 4.79 Å². The molecule has 3 nitrogen and oxygen atoms in total. The Morgan fingerprint density at radius 1 is 0.739 bits per heavy atom. The number of rotatable bonds is 15. The van der Waals surface area contributed by atoms with Crippen molar-refractivity contribution in [3.63, 3.8) is 0 Å². The summed E-state index contributed by atoms with van der Waals surface area (Å²) in [6.45, 7) is 15.2. The standard InChI is InChI=1S/C20H40N2O/c1-6-9-12-14-16-21(17-15-13-10-7-2)22(18-11-8-3)20(23)19(4)5/h4,6-18H2,1-3,5H3. The zero-order valence-corrected chi connectivity index (χ0v) is 16.2. The lowest BCUT2D eigenvalue weighted by molar-refractivity contribution is -0.145. The van der Waals surface area contributed by atoms with E-state index >= 15 is 0 Å². The van der Waals surface area contributed by atoms with Crippen molar-refractivity contribution in [2.45, 2.75) is 91.9 Å². The van der Waals surface area contributed by atoms with Crippen molar-refractivity contribution in [2.75, 3.05) is 19.6 Å². The van der Waals surface area contributed by atoms with Crippen LogP contribution < -0.4 is 0 Å². The molecule has 1 amide bonds. The Balaban J connectivity index is 4.73. The van der Waals surface area contributed by atoms with Crippen molar-refractivity contribution in [3.8, 4) is 0 Å². The van der Waals surface area contributed by atoms with Crippen molar-refractivity contribution in [3.05, 3.63) is 12.2 Å². The zero-order valence-electron chi connectivity index (χ0n) is 16.2. The van der Waals surface area contributed by atoms with E-state index in [4.69, 9.17) is 0 Å². The van der Waals surface area contributed by atoms with Crippen LogP contribution in [0.25, 0.3) is 0 Å². The van der Waals surface area contributed by atoms with E-state index in [0.29, 0.717) is 5.57 Å². The molecule has 0 rings (SSSR count). The number of unbranched alkanes of at least 4 members (excludes halogenated alkanes) is 7. The van der Waals surface area contributed by atoms with Crippen LogP contribution >= 0.6 is 0 Å². The number of amides is 1. The lowest BCUT2D eigenvalue weighted by Crippen LogP contribution is -2.48. The molecule has 0 aromatic rings. The molecule has 0 spiro atoms. The van der Waals surface area contributed by atoms with Crippen molar-refractivity contribution in [1.29, 1.82) is 0 Å². The molecule has 0 fully saturated rings. The Morgan fingerprint density at radius 3 is 1.61 bits per heavy atom. The van der Waals surface area contributed by atoms with E-state index in [-0.39, 0.29) is 5.91 Å². The SMILES string of the molecule is C=C(C)C(=O)N(CCCC)N(CCCCCC)CCCCCC. The van der Waals surface area contributed by atoms with Crippen LogP contribution in [0.2, 0.25) is 0 Å². The third-order valence-electron chi connectivity index (χ3n) is 4.20. The third kappa shape index (κ3) is 10.5. The summed E-state index contributed by atoms with van der Waals surface area (Å²) in [5.41, 5.74) is 0.646. The minimum absolute atomic E-state index is 0.101. The van der Waals surface area contributed by atoms with Gasteiger partial charge in [0.05, 0.1) is 0 Å². The summed E-state index contributed by atoms with van der Waals surface area (Å²) in [5, 5.41) is 4.28. The molecular weight excluding hydrogens is 284 g/mol. The van der Waals surface area contributed by atoms with Crippen LogP contribution in [-0.4, -0.2) is 35.6 Å². The smallest absolute Gasteiger partial charge is 0.263 e. The largest absolute Gasteiger partial charge is 0.272 e. The number of hydrogen-bond acceptors (Lipinski definition) is 2. The molecular formula is C20H40N2O. The first-order valence-corrected chi connectivity index (χ1v) is 9.80. The van der Waals surface area contributed by atoms with Gasteiger partial charge in [-0.05, 0) is 26.2 Å². The molecule has 0 atom stereocenters. The number of nitrogens with zero attached hydrogens (tertiary/aromatic N) is 2. The molecule has 136 valence electrons. The van der Waals surface area contributed by atoms with E-state index < -0.39 is 0 Å². The maximum atomic E-state index is 12.6. The zero-order chi connectivity index (χ0) is 17.5.